The van der Waals surface area contributed by atoms with Crippen molar-refractivity contribution in [2.45, 2.75) is 12.3 Å². The van der Waals surface area contributed by atoms with Crippen molar-refractivity contribution in [1.29, 1.82) is 0 Å². The summed E-state index contributed by atoms with van der Waals surface area (Å²) >= 11 is 11.5. The first-order valence-corrected chi connectivity index (χ1v) is 6.66. The third-order valence-corrected chi connectivity index (χ3v) is 3.53. The minimum absolute atomic E-state index is 0.0519. The monoisotopic (exact) mass is 298 g/mol. The summed E-state index contributed by atoms with van der Waals surface area (Å²) in [4.78, 5) is 0. The zero-order chi connectivity index (χ0) is 13.8. The van der Waals surface area contributed by atoms with Gasteiger partial charge in [0.1, 0.15) is 5.82 Å². The molecule has 0 radical (unpaired) electrons. The molecule has 19 heavy (non-hydrogen) atoms. The minimum atomic E-state index is -0.347. The number of aliphatic hydroxyl groups excluding tert-OH is 1. The van der Waals surface area contributed by atoms with Gasteiger partial charge in [0.2, 0.25) is 0 Å². The lowest BCUT2D eigenvalue weighted by Gasteiger charge is -2.15. The van der Waals surface area contributed by atoms with Gasteiger partial charge in [-0.25, -0.2) is 4.39 Å². The largest absolute Gasteiger partial charge is 0.396 e. The number of aliphatic hydroxyl groups is 1. The fourth-order valence-electron chi connectivity index (χ4n) is 1.98. The molecule has 2 rings (SSSR count). The molecule has 100 valence electrons. The van der Waals surface area contributed by atoms with Gasteiger partial charge in [-0.3, -0.25) is 0 Å². The van der Waals surface area contributed by atoms with Crippen LogP contribution in [0.4, 0.5) is 4.39 Å². The van der Waals surface area contributed by atoms with Gasteiger partial charge in [0, 0.05) is 16.0 Å². The van der Waals surface area contributed by atoms with Crippen LogP contribution in [-0.2, 0) is 6.42 Å². The topological polar surface area (TPSA) is 20.2 Å². The van der Waals surface area contributed by atoms with Crippen LogP contribution >= 0.6 is 23.2 Å². The van der Waals surface area contributed by atoms with E-state index in [4.69, 9.17) is 23.2 Å². The van der Waals surface area contributed by atoms with Crippen LogP contribution in [0.25, 0.3) is 0 Å². The Bertz CT molecular complexity index is 555. The summed E-state index contributed by atoms with van der Waals surface area (Å²) in [5, 5.41) is 10.5. The molecule has 2 aromatic carbocycles. The Labute approximate surface area is 121 Å². The SMILES string of the molecule is OCC(Cc1ccc(Cl)cc1F)c1ccc(Cl)cc1. The van der Waals surface area contributed by atoms with Crippen molar-refractivity contribution in [1.82, 2.24) is 0 Å². The number of halogens is 3. The predicted octanol–water partition coefficient (Wildman–Crippen LogP) is 4.45. The highest BCUT2D eigenvalue weighted by Gasteiger charge is 2.14. The van der Waals surface area contributed by atoms with Crippen LogP contribution in [0.15, 0.2) is 42.5 Å². The van der Waals surface area contributed by atoms with Crippen molar-refractivity contribution in [2.75, 3.05) is 6.61 Å². The van der Waals surface area contributed by atoms with Crippen LogP contribution in [0.3, 0.4) is 0 Å². The van der Waals surface area contributed by atoms with Crippen molar-refractivity contribution in [3.8, 4) is 0 Å². The highest BCUT2D eigenvalue weighted by molar-refractivity contribution is 6.30. The summed E-state index contributed by atoms with van der Waals surface area (Å²) < 4.78 is 13.7. The van der Waals surface area contributed by atoms with E-state index in [9.17, 15) is 9.50 Å². The zero-order valence-electron chi connectivity index (χ0n) is 10.1. The standard InChI is InChI=1S/C15H13Cl2FO/c16-13-4-1-10(2-5-13)12(9-19)7-11-3-6-14(17)8-15(11)18/h1-6,8,12,19H,7,9H2. The lowest BCUT2D eigenvalue weighted by molar-refractivity contribution is 0.263. The summed E-state index contributed by atoms with van der Waals surface area (Å²) in [5.41, 5.74) is 1.47. The number of rotatable bonds is 4. The molecular weight excluding hydrogens is 286 g/mol. The molecule has 0 aliphatic rings. The van der Waals surface area contributed by atoms with Crippen LogP contribution in [0, 0.1) is 5.82 Å². The van der Waals surface area contributed by atoms with Gasteiger partial charge < -0.3 is 5.11 Å². The van der Waals surface area contributed by atoms with E-state index in [2.05, 4.69) is 0 Å². The molecule has 1 nitrogen and oxygen atoms in total. The average molecular weight is 299 g/mol. The van der Waals surface area contributed by atoms with E-state index in [-0.39, 0.29) is 18.3 Å². The van der Waals surface area contributed by atoms with E-state index >= 15 is 0 Å². The quantitative estimate of drug-likeness (QED) is 0.884. The molecule has 0 amide bonds. The molecule has 0 spiro atoms. The van der Waals surface area contributed by atoms with Gasteiger partial charge in [0.25, 0.3) is 0 Å². The highest BCUT2D eigenvalue weighted by Crippen LogP contribution is 2.24. The van der Waals surface area contributed by atoms with Crippen molar-refractivity contribution in [2.24, 2.45) is 0 Å². The molecule has 0 aliphatic carbocycles. The van der Waals surface area contributed by atoms with Crippen molar-refractivity contribution < 1.29 is 9.50 Å². The highest BCUT2D eigenvalue weighted by atomic mass is 35.5. The van der Waals surface area contributed by atoms with Gasteiger partial charge in [0.15, 0.2) is 0 Å². The van der Waals surface area contributed by atoms with E-state index in [1.54, 1.807) is 24.3 Å². The summed E-state index contributed by atoms with van der Waals surface area (Å²) in [6, 6.07) is 11.8. The Hall–Kier alpha value is -1.09. The van der Waals surface area contributed by atoms with Crippen LogP contribution in [-0.4, -0.2) is 11.7 Å². The molecule has 4 heteroatoms. The molecule has 2 aromatic rings. The van der Waals surface area contributed by atoms with Gasteiger partial charge in [-0.15, -0.1) is 0 Å². The maximum Gasteiger partial charge on any atom is 0.127 e. The first-order valence-electron chi connectivity index (χ1n) is 5.90. The lowest BCUT2D eigenvalue weighted by Crippen LogP contribution is -2.08. The Kier molecular flexibility index (Phi) is 4.81. The smallest absolute Gasteiger partial charge is 0.127 e. The van der Waals surface area contributed by atoms with Crippen LogP contribution < -0.4 is 0 Å². The number of hydrogen-bond donors (Lipinski definition) is 1. The van der Waals surface area contributed by atoms with E-state index in [0.29, 0.717) is 22.0 Å². The van der Waals surface area contributed by atoms with Gasteiger partial charge in [0.05, 0.1) is 6.61 Å². The van der Waals surface area contributed by atoms with Crippen LogP contribution in [0.2, 0.25) is 10.0 Å². The molecular formula is C15H13Cl2FO. The van der Waals surface area contributed by atoms with E-state index in [1.165, 1.54) is 6.07 Å². The van der Waals surface area contributed by atoms with E-state index < -0.39 is 0 Å². The zero-order valence-corrected chi connectivity index (χ0v) is 11.6. The summed E-state index contributed by atoms with van der Waals surface area (Å²) in [7, 11) is 0. The van der Waals surface area contributed by atoms with Crippen LogP contribution in [0.5, 0.6) is 0 Å². The van der Waals surface area contributed by atoms with Gasteiger partial charge in [-0.2, -0.15) is 0 Å². The van der Waals surface area contributed by atoms with E-state index in [1.807, 2.05) is 12.1 Å². The molecule has 1 N–H and O–H groups in total. The molecule has 0 bridgehead atoms. The Balaban J connectivity index is 2.21. The second kappa shape index (κ2) is 6.38. The van der Waals surface area contributed by atoms with Crippen molar-refractivity contribution in [3.05, 3.63) is 69.5 Å². The van der Waals surface area contributed by atoms with Gasteiger partial charge in [-0.1, -0.05) is 41.4 Å². The lowest BCUT2D eigenvalue weighted by atomic mass is 9.92. The number of benzene rings is 2. The third kappa shape index (κ3) is 3.69. The molecule has 0 saturated carbocycles. The fraction of sp³-hybridized carbons (Fsp3) is 0.200. The first-order chi connectivity index (χ1) is 9.10. The summed E-state index contributed by atoms with van der Waals surface area (Å²) in [6.45, 7) is -0.0519. The first kappa shape index (κ1) is 14.3. The second-order valence-electron chi connectivity index (χ2n) is 4.37. The Morgan fingerprint density at radius 3 is 2.21 bits per heavy atom. The third-order valence-electron chi connectivity index (χ3n) is 3.04. The second-order valence-corrected chi connectivity index (χ2v) is 5.24. The molecule has 0 fully saturated rings. The molecule has 0 heterocycles. The molecule has 0 aliphatic heterocycles. The van der Waals surface area contributed by atoms with Crippen molar-refractivity contribution in [3.63, 3.8) is 0 Å². The van der Waals surface area contributed by atoms with Crippen molar-refractivity contribution >= 4 is 23.2 Å². The molecule has 0 aromatic heterocycles. The van der Waals surface area contributed by atoms with Gasteiger partial charge in [-0.05, 0) is 41.8 Å². The maximum atomic E-state index is 13.7. The Morgan fingerprint density at radius 2 is 1.63 bits per heavy atom. The summed E-state index contributed by atoms with van der Waals surface area (Å²) in [6.07, 6.45) is 0.418. The van der Waals surface area contributed by atoms with Crippen LogP contribution in [0.1, 0.15) is 17.0 Å². The molecule has 1 atom stereocenters. The Morgan fingerprint density at radius 1 is 1.00 bits per heavy atom. The number of hydrogen-bond acceptors (Lipinski definition) is 1. The minimum Gasteiger partial charge on any atom is -0.396 e. The average Bonchev–Trinajstić information content (AvgIpc) is 2.39. The molecule has 1 unspecified atom stereocenters. The normalized spacial score (nSPS) is 12.4. The predicted molar refractivity (Wildman–Crippen MR) is 76.4 cm³/mol. The summed E-state index contributed by atoms with van der Waals surface area (Å²) in [5.74, 6) is -0.507. The fourth-order valence-corrected chi connectivity index (χ4v) is 2.26. The van der Waals surface area contributed by atoms with Gasteiger partial charge >= 0.3 is 0 Å². The van der Waals surface area contributed by atoms with E-state index in [0.717, 1.165) is 5.56 Å². The molecule has 0 saturated heterocycles. The maximum absolute atomic E-state index is 13.7.